The molecule has 0 amide bonds. The zero-order chi connectivity index (χ0) is 49.5. The van der Waals surface area contributed by atoms with Crippen LogP contribution in [0.25, 0.3) is 21.8 Å². The molecule has 356 valence electrons. The third kappa shape index (κ3) is 12.0. The Hall–Kier alpha value is -7.63. The van der Waals surface area contributed by atoms with Crippen LogP contribution in [0, 0.1) is 13.8 Å². The monoisotopic (exact) mass is 1050 g/mol. The molecule has 0 atom stereocenters. The molecule has 0 aliphatic carbocycles. The molecule has 0 bridgehead atoms. The van der Waals surface area contributed by atoms with Crippen molar-refractivity contribution in [2.24, 2.45) is 0 Å². The lowest BCUT2D eigenvalue weighted by Gasteiger charge is -2.25. The lowest BCUT2D eigenvalue weighted by atomic mass is 9.98. The van der Waals surface area contributed by atoms with Gasteiger partial charge in [0.1, 0.15) is 11.6 Å². The maximum atomic E-state index is 14.1. The number of alkyl halides is 1. The van der Waals surface area contributed by atoms with Crippen LogP contribution in [0.15, 0.2) is 228 Å². The molecule has 9 heteroatoms. The fourth-order valence-electron chi connectivity index (χ4n) is 9.03. The number of aryl methyl sites for hydroxylation is 2. The van der Waals surface area contributed by atoms with Crippen LogP contribution in [0.2, 0.25) is 0 Å². The topological polar surface area (TPSA) is 85.1 Å². The smallest absolute Gasteiger partial charge is 0.262 e. The van der Waals surface area contributed by atoms with Gasteiger partial charge < -0.3 is 10.2 Å². The fourth-order valence-corrected chi connectivity index (χ4v) is 9.03. The molecule has 0 saturated heterocycles. The van der Waals surface area contributed by atoms with Gasteiger partial charge in [0.05, 0.1) is 33.9 Å². The van der Waals surface area contributed by atoms with Crippen molar-refractivity contribution in [1.82, 2.24) is 19.1 Å². The van der Waals surface area contributed by atoms with E-state index in [1.807, 2.05) is 150 Å². The van der Waals surface area contributed by atoms with Crippen LogP contribution in [-0.2, 0) is 13.1 Å². The highest BCUT2D eigenvalue weighted by atomic mass is 127. The van der Waals surface area contributed by atoms with Gasteiger partial charge in [-0.15, -0.1) is 0 Å². The first kappa shape index (κ1) is 49.8. The van der Waals surface area contributed by atoms with E-state index in [0.29, 0.717) is 34.5 Å². The molecule has 2 heterocycles. The standard InChI is InChI=1S/C31H29N3O.C29H25N3O.C2H5I/c1-3-33(22-24-13-7-4-8-14-24)27-19-20-29-28(21-27)31(35)34(23(2)32-29)30(25-15-9-5-10-16-25)26-17-11-6-12-18-26;1-21-31-27-18-17-25(30-20-22-11-5-2-6-12-22)19-26(27)29(33)32(21)28(23-13-7-3-8-14-23)24-15-9-4-10-16-24;1-2-3/h4-21,30H,3,22H2,1-2H3;2-19,28,30H,20H2,1H3;2H2,1H3. The number of rotatable bonds is 13. The maximum Gasteiger partial charge on any atom is 0.262 e. The van der Waals surface area contributed by atoms with E-state index in [1.54, 1.807) is 0 Å². The van der Waals surface area contributed by atoms with E-state index >= 15 is 0 Å². The molecule has 2 aromatic heterocycles. The first-order valence-corrected chi connectivity index (χ1v) is 25.7. The minimum atomic E-state index is -0.253. The van der Waals surface area contributed by atoms with Crippen molar-refractivity contribution < 1.29 is 0 Å². The molecule has 0 spiro atoms. The van der Waals surface area contributed by atoms with Gasteiger partial charge in [0.25, 0.3) is 11.1 Å². The Morgan fingerprint density at radius 1 is 0.493 bits per heavy atom. The number of benzene rings is 8. The van der Waals surface area contributed by atoms with E-state index in [-0.39, 0.29) is 23.2 Å². The average Bonchev–Trinajstić information content (AvgIpc) is 3.42. The minimum Gasteiger partial charge on any atom is -0.381 e. The summed E-state index contributed by atoms with van der Waals surface area (Å²) < 4.78 is 4.87. The van der Waals surface area contributed by atoms with E-state index in [0.717, 1.165) is 52.2 Å². The number of nitrogens with zero attached hydrogens (tertiary/aromatic N) is 5. The zero-order valence-corrected chi connectivity index (χ0v) is 42.9. The van der Waals surface area contributed by atoms with E-state index < -0.39 is 0 Å². The lowest BCUT2D eigenvalue weighted by Crippen LogP contribution is -2.30. The summed E-state index contributed by atoms with van der Waals surface area (Å²) in [5.41, 5.74) is 9.92. The van der Waals surface area contributed by atoms with Crippen molar-refractivity contribution in [3.8, 4) is 0 Å². The van der Waals surface area contributed by atoms with E-state index in [4.69, 9.17) is 9.97 Å². The van der Waals surface area contributed by atoms with Gasteiger partial charge >= 0.3 is 0 Å². The summed E-state index contributed by atoms with van der Waals surface area (Å²) in [5, 5.41) is 4.67. The van der Waals surface area contributed by atoms with Crippen molar-refractivity contribution in [2.75, 3.05) is 21.2 Å². The van der Waals surface area contributed by atoms with Crippen LogP contribution < -0.4 is 21.3 Å². The number of anilines is 2. The van der Waals surface area contributed by atoms with Gasteiger partial charge in [-0.05, 0) is 95.0 Å². The second kappa shape index (κ2) is 24.3. The Balaban J connectivity index is 0.000000181. The second-order valence-electron chi connectivity index (χ2n) is 17.2. The summed E-state index contributed by atoms with van der Waals surface area (Å²) in [6.45, 7) is 10.4. The lowest BCUT2D eigenvalue weighted by molar-refractivity contribution is 0.619. The normalized spacial score (nSPS) is 10.9. The zero-order valence-electron chi connectivity index (χ0n) is 40.7. The van der Waals surface area contributed by atoms with Gasteiger partial charge in [0, 0.05) is 31.0 Å². The van der Waals surface area contributed by atoms with Gasteiger partial charge in [-0.2, -0.15) is 0 Å². The fraction of sp³-hybridized carbons (Fsp3) is 0.161. The number of aromatic nitrogens is 4. The van der Waals surface area contributed by atoms with E-state index in [9.17, 15) is 9.59 Å². The first-order chi connectivity index (χ1) is 34.8. The summed E-state index contributed by atoms with van der Waals surface area (Å²) in [7, 11) is 0. The average molecular weight is 1050 g/mol. The second-order valence-corrected chi connectivity index (χ2v) is 18.7. The van der Waals surface area contributed by atoms with Gasteiger partial charge in [-0.1, -0.05) is 212 Å². The quantitative estimate of drug-likeness (QED) is 0.0915. The summed E-state index contributed by atoms with van der Waals surface area (Å²) >= 11 is 2.29. The van der Waals surface area contributed by atoms with Crippen LogP contribution in [0.1, 0.15) is 71.0 Å². The summed E-state index contributed by atoms with van der Waals surface area (Å²) in [4.78, 5) is 39.9. The number of hydrogen-bond acceptors (Lipinski definition) is 6. The molecule has 1 N–H and O–H groups in total. The molecule has 10 aromatic rings. The van der Waals surface area contributed by atoms with Gasteiger partial charge in [-0.25, -0.2) is 9.97 Å². The molecule has 8 aromatic carbocycles. The molecule has 0 saturated carbocycles. The van der Waals surface area contributed by atoms with Crippen molar-refractivity contribution in [3.63, 3.8) is 0 Å². The highest BCUT2D eigenvalue weighted by molar-refractivity contribution is 14.1. The molecule has 8 nitrogen and oxygen atoms in total. The van der Waals surface area contributed by atoms with E-state index in [2.05, 4.69) is 138 Å². The van der Waals surface area contributed by atoms with Crippen molar-refractivity contribution in [1.29, 1.82) is 0 Å². The predicted octanol–water partition coefficient (Wildman–Crippen LogP) is 13.8. The number of nitrogens with one attached hydrogen (secondary N) is 1. The molecule has 71 heavy (non-hydrogen) atoms. The number of halogens is 1. The van der Waals surface area contributed by atoms with Crippen LogP contribution in [0.3, 0.4) is 0 Å². The maximum absolute atomic E-state index is 14.1. The van der Waals surface area contributed by atoms with Gasteiger partial charge in [0.2, 0.25) is 0 Å². The molecule has 0 aliphatic heterocycles. The molecule has 0 radical (unpaired) electrons. The van der Waals surface area contributed by atoms with Gasteiger partial charge in [-0.3, -0.25) is 18.7 Å². The molecule has 0 fully saturated rings. The Kier molecular flexibility index (Phi) is 17.0. The Morgan fingerprint density at radius 2 is 0.859 bits per heavy atom. The summed E-state index contributed by atoms with van der Waals surface area (Å²) in [6.07, 6.45) is 0. The molecule has 0 unspecified atom stereocenters. The van der Waals surface area contributed by atoms with E-state index in [1.165, 1.54) is 15.6 Å². The first-order valence-electron chi connectivity index (χ1n) is 24.2. The van der Waals surface area contributed by atoms with Crippen LogP contribution in [0.5, 0.6) is 0 Å². The third-order valence-corrected chi connectivity index (χ3v) is 12.4. The highest BCUT2D eigenvalue weighted by Gasteiger charge is 2.23. The van der Waals surface area contributed by atoms with Crippen molar-refractivity contribution in [3.05, 3.63) is 284 Å². The summed E-state index contributed by atoms with van der Waals surface area (Å²) in [5.74, 6) is 1.39. The summed E-state index contributed by atoms with van der Waals surface area (Å²) in [6, 6.07) is 72.6. The van der Waals surface area contributed by atoms with Gasteiger partial charge in [0.15, 0.2) is 0 Å². The Labute approximate surface area is 430 Å². The predicted molar refractivity (Wildman–Crippen MR) is 303 cm³/mol. The highest BCUT2D eigenvalue weighted by Crippen LogP contribution is 2.30. The SMILES string of the molecule is CCI.CCN(Cc1ccccc1)c1ccc2nc(C)n(C(c3ccccc3)c3ccccc3)c(=O)c2c1.Cc1nc2ccc(NCc3ccccc3)cc2c(=O)n1C(c1ccccc1)c1ccccc1. The molecule has 0 aliphatic rings. The van der Waals surface area contributed by atoms with Crippen LogP contribution in [0.4, 0.5) is 11.4 Å². The minimum absolute atomic E-state index is 0.0252. The number of hydrogen-bond donors (Lipinski definition) is 1. The molecular formula is C62H59IN6O2. The Bertz CT molecular complexity index is 3310. The van der Waals surface area contributed by atoms with Crippen molar-refractivity contribution >= 4 is 55.8 Å². The van der Waals surface area contributed by atoms with Crippen LogP contribution >= 0.6 is 22.6 Å². The van der Waals surface area contributed by atoms with Crippen LogP contribution in [-0.4, -0.2) is 30.1 Å². The molecule has 10 rings (SSSR count). The van der Waals surface area contributed by atoms with Crippen molar-refractivity contribution in [2.45, 2.75) is 52.9 Å². The Morgan fingerprint density at radius 3 is 1.27 bits per heavy atom. The molecular weight excluding hydrogens is 988 g/mol. The largest absolute Gasteiger partial charge is 0.381 e. The number of fused-ring (bicyclic) bond motifs is 2. The third-order valence-electron chi connectivity index (χ3n) is 12.4.